The lowest BCUT2D eigenvalue weighted by Crippen LogP contribution is -2.45. The second-order valence-electron chi connectivity index (χ2n) is 13.5. The zero-order valence-corrected chi connectivity index (χ0v) is 27.4. The van der Waals surface area contributed by atoms with Gasteiger partial charge in [0.25, 0.3) is 0 Å². The summed E-state index contributed by atoms with van der Waals surface area (Å²) in [6, 6.07) is 9.27. The second-order valence-corrected chi connectivity index (χ2v) is 13.9. The van der Waals surface area contributed by atoms with Crippen molar-refractivity contribution in [1.82, 2.24) is 9.88 Å². The highest BCUT2D eigenvalue weighted by molar-refractivity contribution is 6.33. The largest absolute Gasteiger partial charge is 0.444 e. The molecule has 1 N–H and O–H groups in total. The van der Waals surface area contributed by atoms with Crippen LogP contribution in [-0.4, -0.2) is 72.0 Å². The van der Waals surface area contributed by atoms with Gasteiger partial charge in [-0.05, 0) is 96.9 Å². The topological polar surface area (TPSA) is 110 Å². The van der Waals surface area contributed by atoms with E-state index < -0.39 is 29.3 Å². The molecule has 0 radical (unpaired) electrons. The Morgan fingerprint density at radius 1 is 1.05 bits per heavy atom. The molecule has 1 aromatic carbocycles. The number of ether oxygens (including phenoxy) is 3. The predicted molar refractivity (Wildman–Crippen MR) is 171 cm³/mol. The molecule has 2 aliphatic heterocycles. The van der Waals surface area contributed by atoms with E-state index in [9.17, 15) is 14.4 Å². The third-order valence-electron chi connectivity index (χ3n) is 7.41. The first-order valence-electron chi connectivity index (χ1n) is 15.3. The van der Waals surface area contributed by atoms with Crippen LogP contribution < -0.4 is 10.2 Å². The Hall–Kier alpha value is -3.37. The summed E-state index contributed by atoms with van der Waals surface area (Å²) in [7, 11) is 0. The second kappa shape index (κ2) is 14.2. The van der Waals surface area contributed by atoms with Crippen molar-refractivity contribution in [1.29, 1.82) is 0 Å². The average Bonchev–Trinajstić information content (AvgIpc) is 2.95. The van der Waals surface area contributed by atoms with Crippen LogP contribution in [0.2, 0.25) is 5.02 Å². The predicted octanol–water partition coefficient (Wildman–Crippen LogP) is 7.16. The van der Waals surface area contributed by atoms with Crippen molar-refractivity contribution in [3.05, 3.63) is 41.6 Å². The number of likely N-dealkylation sites (tertiary alicyclic amines) is 1. The van der Waals surface area contributed by atoms with E-state index in [1.165, 1.54) is 6.20 Å². The first-order chi connectivity index (χ1) is 20.7. The Bertz CT molecular complexity index is 1330. The van der Waals surface area contributed by atoms with Gasteiger partial charge >= 0.3 is 12.2 Å². The molecule has 3 heterocycles. The van der Waals surface area contributed by atoms with Crippen LogP contribution in [0.15, 0.2) is 36.5 Å². The summed E-state index contributed by atoms with van der Waals surface area (Å²) in [6.07, 6.45) is 3.76. The lowest BCUT2D eigenvalue weighted by Gasteiger charge is -2.33. The summed E-state index contributed by atoms with van der Waals surface area (Å²) in [5.41, 5.74) is 0.855. The van der Waals surface area contributed by atoms with Crippen molar-refractivity contribution in [2.75, 3.05) is 43.1 Å². The molecule has 0 spiro atoms. The van der Waals surface area contributed by atoms with Crippen molar-refractivity contribution >= 4 is 41.2 Å². The Balaban J connectivity index is 1.52. The number of pyridine rings is 1. The van der Waals surface area contributed by atoms with Crippen LogP contribution in [0.4, 0.5) is 21.1 Å². The molecular formula is C33H45ClN4O6. The SMILES string of the molecule is CC(C)(C)OC(=O)N1CCC[C@@H](C(=O)Nc2cc(-c3cccc(N(CC4CCOCC4)C(=O)OC(C)(C)C)c3)c(Cl)cn2)C1. The van der Waals surface area contributed by atoms with E-state index in [1.54, 1.807) is 15.9 Å². The number of rotatable bonds is 6. The van der Waals surface area contributed by atoms with Gasteiger partial charge in [0.1, 0.15) is 17.0 Å². The molecule has 2 fully saturated rings. The van der Waals surface area contributed by atoms with Crippen LogP contribution in [-0.2, 0) is 19.0 Å². The van der Waals surface area contributed by atoms with Crippen LogP contribution in [0.1, 0.15) is 67.2 Å². The van der Waals surface area contributed by atoms with Crippen LogP contribution >= 0.6 is 11.6 Å². The van der Waals surface area contributed by atoms with E-state index in [1.807, 2.05) is 65.8 Å². The molecule has 2 aromatic rings. The van der Waals surface area contributed by atoms with E-state index >= 15 is 0 Å². The monoisotopic (exact) mass is 628 g/mol. The van der Waals surface area contributed by atoms with Crippen LogP contribution in [0.3, 0.4) is 0 Å². The number of hydrogen-bond acceptors (Lipinski definition) is 7. The maximum absolute atomic E-state index is 13.4. The van der Waals surface area contributed by atoms with Crippen molar-refractivity contribution < 1.29 is 28.6 Å². The quantitative estimate of drug-likeness (QED) is 0.361. The molecule has 0 unspecified atom stereocenters. The van der Waals surface area contributed by atoms with Gasteiger partial charge in [-0.15, -0.1) is 0 Å². The minimum absolute atomic E-state index is 0.222. The van der Waals surface area contributed by atoms with Crippen molar-refractivity contribution in [2.24, 2.45) is 11.8 Å². The number of amides is 3. The fourth-order valence-corrected chi connectivity index (χ4v) is 5.48. The van der Waals surface area contributed by atoms with Crippen molar-refractivity contribution in [2.45, 2.75) is 78.4 Å². The number of piperidine rings is 1. The normalized spacial score (nSPS) is 18.0. The molecule has 1 aromatic heterocycles. The van der Waals surface area contributed by atoms with E-state index in [4.69, 9.17) is 25.8 Å². The standard InChI is InChI=1S/C33H45ClN4O6/c1-32(2,3)43-30(40)37-14-8-10-24(21-37)29(39)36-28-18-26(27(34)19-35-28)23-9-7-11-25(17-23)38(31(41)44-33(4,5)6)20-22-12-15-42-16-13-22/h7,9,11,17-19,22,24H,8,10,12-16,20-21H2,1-6H3,(H,35,36,39)/t24-/m1/s1. The lowest BCUT2D eigenvalue weighted by atomic mass is 9.97. The molecule has 1 atom stereocenters. The fourth-order valence-electron chi connectivity index (χ4n) is 5.27. The summed E-state index contributed by atoms with van der Waals surface area (Å²) in [6.45, 7) is 13.7. The Morgan fingerprint density at radius 2 is 1.75 bits per heavy atom. The van der Waals surface area contributed by atoms with Crippen LogP contribution in [0.25, 0.3) is 11.1 Å². The zero-order chi connectivity index (χ0) is 32.1. The number of carbonyl (C=O) groups is 3. The molecule has 3 amide bonds. The maximum Gasteiger partial charge on any atom is 0.414 e. The number of aromatic nitrogens is 1. The summed E-state index contributed by atoms with van der Waals surface area (Å²) >= 11 is 6.61. The minimum atomic E-state index is -0.646. The number of nitrogens with zero attached hydrogens (tertiary/aromatic N) is 3. The smallest absolute Gasteiger partial charge is 0.414 e. The Kier molecular flexibility index (Phi) is 10.8. The third kappa shape index (κ3) is 9.56. The fraction of sp³-hybridized carbons (Fsp3) is 0.576. The minimum Gasteiger partial charge on any atom is -0.444 e. The molecule has 4 rings (SSSR count). The molecule has 0 aliphatic carbocycles. The molecule has 2 aliphatic rings. The third-order valence-corrected chi connectivity index (χ3v) is 7.72. The molecule has 0 saturated carbocycles. The maximum atomic E-state index is 13.4. The summed E-state index contributed by atoms with van der Waals surface area (Å²) in [5, 5.41) is 3.31. The molecule has 44 heavy (non-hydrogen) atoms. The summed E-state index contributed by atoms with van der Waals surface area (Å²) in [5.74, 6) is 0.0196. The number of carbonyl (C=O) groups excluding carboxylic acids is 3. The first-order valence-corrected chi connectivity index (χ1v) is 15.7. The number of halogens is 1. The van der Waals surface area contributed by atoms with E-state index in [0.717, 1.165) is 18.4 Å². The number of nitrogens with one attached hydrogen (secondary N) is 1. The van der Waals surface area contributed by atoms with Gasteiger partial charge in [0.05, 0.1) is 10.9 Å². The Morgan fingerprint density at radius 3 is 2.43 bits per heavy atom. The highest BCUT2D eigenvalue weighted by Crippen LogP contribution is 2.33. The van der Waals surface area contributed by atoms with E-state index in [0.29, 0.717) is 61.2 Å². The van der Waals surface area contributed by atoms with Gasteiger partial charge in [-0.1, -0.05) is 23.7 Å². The van der Waals surface area contributed by atoms with Gasteiger partial charge in [-0.25, -0.2) is 14.6 Å². The molecule has 0 bridgehead atoms. The first kappa shape index (κ1) is 33.5. The van der Waals surface area contributed by atoms with E-state index in [2.05, 4.69) is 10.3 Å². The Labute approximate surface area is 265 Å². The van der Waals surface area contributed by atoms with Gasteiger partial charge in [-0.3, -0.25) is 9.69 Å². The molecule has 11 heteroatoms. The molecular weight excluding hydrogens is 584 g/mol. The summed E-state index contributed by atoms with van der Waals surface area (Å²) < 4.78 is 16.8. The highest BCUT2D eigenvalue weighted by Gasteiger charge is 2.32. The van der Waals surface area contributed by atoms with Gasteiger partial charge in [0, 0.05) is 50.3 Å². The lowest BCUT2D eigenvalue weighted by molar-refractivity contribution is -0.121. The molecule has 2 saturated heterocycles. The molecule has 240 valence electrons. The number of benzene rings is 1. The zero-order valence-electron chi connectivity index (χ0n) is 26.7. The molecule has 10 nitrogen and oxygen atoms in total. The summed E-state index contributed by atoms with van der Waals surface area (Å²) in [4.78, 5) is 46.8. The highest BCUT2D eigenvalue weighted by atomic mass is 35.5. The van der Waals surface area contributed by atoms with Gasteiger partial charge in [0.15, 0.2) is 0 Å². The number of anilines is 2. The number of hydrogen-bond donors (Lipinski definition) is 1. The van der Waals surface area contributed by atoms with Gasteiger partial charge in [0.2, 0.25) is 5.91 Å². The van der Waals surface area contributed by atoms with Gasteiger partial charge < -0.3 is 24.4 Å². The van der Waals surface area contributed by atoms with E-state index in [-0.39, 0.29) is 18.4 Å². The van der Waals surface area contributed by atoms with Crippen LogP contribution in [0, 0.1) is 11.8 Å². The van der Waals surface area contributed by atoms with Gasteiger partial charge in [-0.2, -0.15) is 0 Å². The van der Waals surface area contributed by atoms with Crippen molar-refractivity contribution in [3.8, 4) is 11.1 Å². The van der Waals surface area contributed by atoms with Crippen molar-refractivity contribution in [3.63, 3.8) is 0 Å². The van der Waals surface area contributed by atoms with Crippen LogP contribution in [0.5, 0.6) is 0 Å². The average molecular weight is 629 g/mol.